The summed E-state index contributed by atoms with van der Waals surface area (Å²) < 4.78 is 0. The van der Waals surface area contributed by atoms with E-state index >= 15 is 0 Å². The molecule has 6 nitrogen and oxygen atoms in total. The smallest absolute Gasteiger partial charge is 0.276 e. The van der Waals surface area contributed by atoms with Crippen LogP contribution in [0.15, 0.2) is 12.1 Å². The summed E-state index contributed by atoms with van der Waals surface area (Å²) in [6.45, 7) is 0. The molecule has 2 N–H and O–H groups in total. The Labute approximate surface area is 110 Å². The molecule has 1 aromatic heterocycles. The van der Waals surface area contributed by atoms with E-state index in [9.17, 15) is 10.1 Å². The van der Waals surface area contributed by atoms with Gasteiger partial charge in [-0.2, -0.15) is 11.8 Å². The Hall–Kier alpha value is -1.50. The van der Waals surface area contributed by atoms with Gasteiger partial charge < -0.3 is 10.6 Å². The number of anilines is 2. The summed E-state index contributed by atoms with van der Waals surface area (Å²) in [5.74, 6) is 3.30. The van der Waals surface area contributed by atoms with Crippen molar-refractivity contribution in [3.8, 4) is 0 Å². The molecule has 0 spiro atoms. The zero-order valence-electron chi connectivity index (χ0n) is 10.2. The second kappa shape index (κ2) is 5.90. The minimum absolute atomic E-state index is 0.0558. The summed E-state index contributed by atoms with van der Waals surface area (Å²) in [6, 6.07) is 3.27. The molecule has 1 saturated heterocycles. The van der Waals surface area contributed by atoms with Crippen LogP contribution in [0.25, 0.3) is 0 Å². The van der Waals surface area contributed by atoms with E-state index in [1.54, 1.807) is 7.05 Å². The molecular formula is C11H16N4O2S. The number of rotatable bonds is 4. The fourth-order valence-electron chi connectivity index (χ4n) is 1.89. The highest BCUT2D eigenvalue weighted by Gasteiger charge is 2.16. The van der Waals surface area contributed by atoms with E-state index in [0.717, 1.165) is 12.2 Å². The van der Waals surface area contributed by atoms with Crippen molar-refractivity contribution in [2.24, 2.45) is 0 Å². The molecular weight excluding hydrogens is 252 g/mol. The molecule has 1 aromatic rings. The van der Waals surface area contributed by atoms with E-state index in [2.05, 4.69) is 15.6 Å². The lowest BCUT2D eigenvalue weighted by Gasteiger charge is -2.23. The molecule has 0 aliphatic carbocycles. The van der Waals surface area contributed by atoms with E-state index in [1.165, 1.54) is 24.3 Å². The van der Waals surface area contributed by atoms with Gasteiger partial charge in [-0.25, -0.2) is 4.98 Å². The summed E-state index contributed by atoms with van der Waals surface area (Å²) in [5, 5.41) is 16.9. The fraction of sp³-hybridized carbons (Fsp3) is 0.545. The number of nitrogens with one attached hydrogen (secondary N) is 2. The van der Waals surface area contributed by atoms with Crippen LogP contribution in [-0.4, -0.2) is 34.5 Å². The Kier molecular flexibility index (Phi) is 4.24. The van der Waals surface area contributed by atoms with Crippen molar-refractivity contribution in [3.05, 3.63) is 22.2 Å². The molecule has 18 heavy (non-hydrogen) atoms. The number of pyridine rings is 1. The van der Waals surface area contributed by atoms with Crippen molar-refractivity contribution in [1.29, 1.82) is 0 Å². The maximum absolute atomic E-state index is 10.8. The van der Waals surface area contributed by atoms with Crippen molar-refractivity contribution >= 4 is 29.1 Å². The summed E-state index contributed by atoms with van der Waals surface area (Å²) in [5.41, 5.74) is 0.0558. The molecule has 1 aliphatic heterocycles. The van der Waals surface area contributed by atoms with Gasteiger partial charge in [-0.15, -0.1) is 0 Å². The molecule has 1 fully saturated rings. The average Bonchev–Trinajstić information content (AvgIpc) is 2.39. The van der Waals surface area contributed by atoms with Crippen LogP contribution in [0.1, 0.15) is 12.8 Å². The monoisotopic (exact) mass is 268 g/mol. The first kappa shape index (κ1) is 12.9. The minimum Gasteiger partial charge on any atom is -0.373 e. The molecule has 0 radical (unpaired) electrons. The van der Waals surface area contributed by atoms with Crippen LogP contribution in [0.4, 0.5) is 17.3 Å². The molecule has 0 amide bonds. The van der Waals surface area contributed by atoms with Crippen LogP contribution < -0.4 is 10.6 Å². The van der Waals surface area contributed by atoms with E-state index in [-0.39, 0.29) is 5.69 Å². The predicted octanol–water partition coefficient (Wildman–Crippen LogP) is 2.34. The first-order chi connectivity index (χ1) is 8.69. The highest BCUT2D eigenvalue weighted by Crippen LogP contribution is 2.24. The molecule has 2 heterocycles. The maximum Gasteiger partial charge on any atom is 0.276 e. The number of hydrogen-bond acceptors (Lipinski definition) is 6. The second-order valence-corrected chi connectivity index (χ2v) is 5.31. The van der Waals surface area contributed by atoms with E-state index in [4.69, 9.17) is 0 Å². The number of nitrogens with zero attached hydrogens (tertiary/aromatic N) is 2. The van der Waals surface area contributed by atoms with Crippen LogP contribution in [0, 0.1) is 10.1 Å². The van der Waals surface area contributed by atoms with Gasteiger partial charge in [0.25, 0.3) is 5.69 Å². The Morgan fingerprint density at radius 2 is 2.28 bits per heavy atom. The molecule has 1 aliphatic rings. The molecule has 98 valence electrons. The van der Waals surface area contributed by atoms with E-state index in [0.29, 0.717) is 17.7 Å². The van der Waals surface area contributed by atoms with Crippen LogP contribution in [0.2, 0.25) is 0 Å². The van der Waals surface area contributed by atoms with Gasteiger partial charge in [-0.1, -0.05) is 0 Å². The van der Waals surface area contributed by atoms with Crippen molar-refractivity contribution in [1.82, 2.24) is 4.98 Å². The Morgan fingerprint density at radius 1 is 1.50 bits per heavy atom. The molecule has 1 unspecified atom stereocenters. The summed E-state index contributed by atoms with van der Waals surface area (Å²) in [6.07, 6.45) is 2.27. The van der Waals surface area contributed by atoms with Gasteiger partial charge in [-0.05, 0) is 18.6 Å². The Bertz CT molecular complexity index is 435. The fourth-order valence-corrected chi connectivity index (χ4v) is 2.96. The minimum atomic E-state index is -0.399. The van der Waals surface area contributed by atoms with Gasteiger partial charge in [-0.3, -0.25) is 10.1 Å². The van der Waals surface area contributed by atoms with Crippen LogP contribution in [0.3, 0.4) is 0 Å². The average molecular weight is 268 g/mol. The van der Waals surface area contributed by atoms with Gasteiger partial charge in [0.05, 0.1) is 17.1 Å². The normalized spacial score (nSPS) is 19.3. The lowest BCUT2D eigenvalue weighted by Crippen LogP contribution is -2.26. The van der Waals surface area contributed by atoms with Crippen molar-refractivity contribution in [3.63, 3.8) is 0 Å². The predicted molar refractivity (Wildman–Crippen MR) is 74.4 cm³/mol. The zero-order chi connectivity index (χ0) is 13.0. The first-order valence-electron chi connectivity index (χ1n) is 5.87. The first-order valence-corrected chi connectivity index (χ1v) is 7.03. The second-order valence-electron chi connectivity index (χ2n) is 4.16. The van der Waals surface area contributed by atoms with Crippen LogP contribution >= 0.6 is 11.8 Å². The van der Waals surface area contributed by atoms with Crippen LogP contribution in [0.5, 0.6) is 0 Å². The number of aromatic nitrogens is 1. The van der Waals surface area contributed by atoms with Gasteiger partial charge in [0.1, 0.15) is 11.6 Å². The number of hydrogen-bond donors (Lipinski definition) is 2. The molecule has 0 aromatic carbocycles. The van der Waals surface area contributed by atoms with E-state index in [1.807, 2.05) is 11.8 Å². The van der Waals surface area contributed by atoms with Gasteiger partial charge >= 0.3 is 0 Å². The molecule has 0 bridgehead atoms. The topological polar surface area (TPSA) is 80.1 Å². The van der Waals surface area contributed by atoms with Gasteiger partial charge in [0.15, 0.2) is 0 Å². The van der Waals surface area contributed by atoms with Crippen LogP contribution in [-0.2, 0) is 0 Å². The number of nitro groups is 1. The Balaban J connectivity index is 2.15. The van der Waals surface area contributed by atoms with Crippen molar-refractivity contribution in [2.45, 2.75) is 18.9 Å². The quantitative estimate of drug-likeness (QED) is 0.644. The van der Waals surface area contributed by atoms with Gasteiger partial charge in [0, 0.05) is 18.8 Å². The lowest BCUT2D eigenvalue weighted by atomic mass is 10.2. The van der Waals surface area contributed by atoms with Crippen molar-refractivity contribution in [2.75, 3.05) is 29.2 Å². The summed E-state index contributed by atoms with van der Waals surface area (Å²) in [4.78, 5) is 14.7. The van der Waals surface area contributed by atoms with Crippen molar-refractivity contribution < 1.29 is 4.92 Å². The Morgan fingerprint density at radius 3 is 2.89 bits per heavy atom. The third-order valence-electron chi connectivity index (χ3n) is 2.79. The zero-order valence-corrected chi connectivity index (χ0v) is 11.0. The molecule has 1 atom stereocenters. The lowest BCUT2D eigenvalue weighted by molar-refractivity contribution is -0.384. The molecule has 0 saturated carbocycles. The summed E-state index contributed by atoms with van der Waals surface area (Å²) >= 11 is 1.90. The largest absolute Gasteiger partial charge is 0.373 e. The molecule has 7 heteroatoms. The van der Waals surface area contributed by atoms with Gasteiger partial charge in [0.2, 0.25) is 0 Å². The highest BCUT2D eigenvalue weighted by atomic mass is 32.2. The highest BCUT2D eigenvalue weighted by molar-refractivity contribution is 7.99. The standard InChI is InChI=1S/C11H16N4O2S/c1-12-10-5-9(15(16)17)6-11(14-10)13-8-3-2-4-18-7-8/h5-6,8H,2-4,7H2,1H3,(H2,12,13,14). The third kappa shape index (κ3) is 3.25. The van der Waals surface area contributed by atoms with E-state index < -0.39 is 4.92 Å². The SMILES string of the molecule is CNc1cc([N+](=O)[O-])cc(NC2CCCSC2)n1. The third-order valence-corrected chi connectivity index (χ3v) is 4.00. The molecule has 2 rings (SSSR count). The summed E-state index contributed by atoms with van der Waals surface area (Å²) in [7, 11) is 1.70. The maximum atomic E-state index is 10.8. The number of thioether (sulfide) groups is 1.